The predicted molar refractivity (Wildman–Crippen MR) is 80.9 cm³/mol. The first-order chi connectivity index (χ1) is 9.78. The molecule has 1 atom stereocenters. The van der Waals surface area contributed by atoms with Gasteiger partial charge in [-0.25, -0.2) is 0 Å². The number of furan rings is 1. The predicted octanol–water partition coefficient (Wildman–Crippen LogP) is 3.82. The van der Waals surface area contributed by atoms with Gasteiger partial charge in [0.05, 0.1) is 6.04 Å². The van der Waals surface area contributed by atoms with Crippen LogP contribution >= 0.6 is 0 Å². The minimum atomic E-state index is 0.302. The molecule has 1 fully saturated rings. The molecule has 0 bridgehead atoms. The van der Waals surface area contributed by atoms with Gasteiger partial charge in [0.25, 0.3) is 0 Å². The lowest BCUT2D eigenvalue weighted by Crippen LogP contribution is -2.31. The third-order valence-corrected chi connectivity index (χ3v) is 4.16. The number of hydrogen-bond acceptors (Lipinski definition) is 3. The average Bonchev–Trinajstić information content (AvgIpc) is 2.88. The SMILES string of the molecule is CCNC(c1cc2cc(C)ccc2o1)C1CCOCC1. The molecule has 1 N–H and O–H groups in total. The second-order valence-electron chi connectivity index (χ2n) is 5.68. The molecule has 3 nitrogen and oxygen atoms in total. The number of benzene rings is 1. The quantitative estimate of drug-likeness (QED) is 0.919. The minimum Gasteiger partial charge on any atom is -0.459 e. The van der Waals surface area contributed by atoms with E-state index >= 15 is 0 Å². The molecule has 2 aromatic rings. The number of nitrogens with one attached hydrogen (secondary N) is 1. The van der Waals surface area contributed by atoms with Crippen molar-refractivity contribution < 1.29 is 9.15 Å². The van der Waals surface area contributed by atoms with E-state index in [1.807, 2.05) is 0 Å². The monoisotopic (exact) mass is 273 g/mol. The van der Waals surface area contributed by atoms with Crippen molar-refractivity contribution in [1.82, 2.24) is 5.32 Å². The van der Waals surface area contributed by atoms with Crippen LogP contribution in [0.3, 0.4) is 0 Å². The van der Waals surface area contributed by atoms with Gasteiger partial charge in [0.2, 0.25) is 0 Å². The lowest BCUT2D eigenvalue weighted by Gasteiger charge is -2.29. The van der Waals surface area contributed by atoms with Crippen LogP contribution in [0.5, 0.6) is 0 Å². The van der Waals surface area contributed by atoms with Crippen LogP contribution in [0.2, 0.25) is 0 Å². The Labute approximate surface area is 120 Å². The highest BCUT2D eigenvalue weighted by Gasteiger charge is 2.27. The van der Waals surface area contributed by atoms with Crippen molar-refractivity contribution in [2.24, 2.45) is 5.92 Å². The highest BCUT2D eigenvalue weighted by molar-refractivity contribution is 5.78. The lowest BCUT2D eigenvalue weighted by molar-refractivity contribution is 0.0511. The molecule has 108 valence electrons. The van der Waals surface area contributed by atoms with E-state index in [-0.39, 0.29) is 0 Å². The molecule has 1 aliphatic heterocycles. The van der Waals surface area contributed by atoms with Crippen molar-refractivity contribution in [3.05, 3.63) is 35.6 Å². The molecule has 2 heterocycles. The molecule has 0 radical (unpaired) electrons. The van der Waals surface area contributed by atoms with E-state index in [0.717, 1.165) is 43.9 Å². The van der Waals surface area contributed by atoms with Gasteiger partial charge in [0.1, 0.15) is 11.3 Å². The van der Waals surface area contributed by atoms with Gasteiger partial charge in [0, 0.05) is 18.6 Å². The van der Waals surface area contributed by atoms with E-state index in [2.05, 4.69) is 43.4 Å². The van der Waals surface area contributed by atoms with Crippen molar-refractivity contribution in [3.63, 3.8) is 0 Å². The molecule has 1 saturated heterocycles. The Morgan fingerprint density at radius 3 is 2.80 bits per heavy atom. The zero-order valence-electron chi connectivity index (χ0n) is 12.3. The van der Waals surface area contributed by atoms with E-state index in [0.29, 0.717) is 12.0 Å². The molecule has 0 aliphatic carbocycles. The molecule has 3 rings (SSSR count). The Morgan fingerprint density at radius 1 is 1.25 bits per heavy atom. The first-order valence-electron chi connectivity index (χ1n) is 7.59. The fourth-order valence-corrected chi connectivity index (χ4v) is 3.11. The van der Waals surface area contributed by atoms with Crippen LogP contribution in [-0.2, 0) is 4.74 Å². The molecule has 3 heteroatoms. The summed E-state index contributed by atoms with van der Waals surface area (Å²) in [6.45, 7) is 6.96. The molecule has 20 heavy (non-hydrogen) atoms. The standard InChI is InChI=1S/C17H23NO2/c1-3-18-17(13-6-8-19-9-7-13)16-11-14-10-12(2)4-5-15(14)20-16/h4-5,10-11,13,17-18H,3,6-9H2,1-2H3. The van der Waals surface area contributed by atoms with Gasteiger partial charge in [-0.05, 0) is 50.4 Å². The first-order valence-corrected chi connectivity index (χ1v) is 7.59. The third-order valence-electron chi connectivity index (χ3n) is 4.16. The maximum Gasteiger partial charge on any atom is 0.134 e. The van der Waals surface area contributed by atoms with Crippen molar-refractivity contribution in [2.75, 3.05) is 19.8 Å². The fraction of sp³-hybridized carbons (Fsp3) is 0.529. The highest BCUT2D eigenvalue weighted by Crippen LogP contribution is 2.33. The van der Waals surface area contributed by atoms with Crippen LogP contribution < -0.4 is 5.32 Å². The van der Waals surface area contributed by atoms with Crippen LogP contribution in [-0.4, -0.2) is 19.8 Å². The largest absolute Gasteiger partial charge is 0.459 e. The maximum absolute atomic E-state index is 6.09. The highest BCUT2D eigenvalue weighted by atomic mass is 16.5. The molecule has 1 aromatic heterocycles. The van der Waals surface area contributed by atoms with Crippen LogP contribution in [0.4, 0.5) is 0 Å². The number of aryl methyl sites for hydroxylation is 1. The van der Waals surface area contributed by atoms with E-state index in [4.69, 9.17) is 9.15 Å². The van der Waals surface area contributed by atoms with Gasteiger partial charge >= 0.3 is 0 Å². The summed E-state index contributed by atoms with van der Waals surface area (Å²) in [4.78, 5) is 0. The summed E-state index contributed by atoms with van der Waals surface area (Å²) in [5.41, 5.74) is 2.26. The molecule has 1 unspecified atom stereocenters. The Kier molecular flexibility index (Phi) is 4.08. The Morgan fingerprint density at radius 2 is 2.05 bits per heavy atom. The smallest absolute Gasteiger partial charge is 0.134 e. The molecule has 0 spiro atoms. The number of hydrogen-bond donors (Lipinski definition) is 1. The van der Waals surface area contributed by atoms with Crippen molar-refractivity contribution >= 4 is 11.0 Å². The topological polar surface area (TPSA) is 34.4 Å². The molecular formula is C17H23NO2. The summed E-state index contributed by atoms with van der Waals surface area (Å²) in [6, 6.07) is 8.87. The minimum absolute atomic E-state index is 0.302. The summed E-state index contributed by atoms with van der Waals surface area (Å²) in [5.74, 6) is 1.67. The van der Waals surface area contributed by atoms with Gasteiger partial charge in [-0.2, -0.15) is 0 Å². The summed E-state index contributed by atoms with van der Waals surface area (Å²) in [7, 11) is 0. The van der Waals surface area contributed by atoms with E-state index in [9.17, 15) is 0 Å². The zero-order valence-corrected chi connectivity index (χ0v) is 12.3. The van der Waals surface area contributed by atoms with Crippen molar-refractivity contribution in [2.45, 2.75) is 32.7 Å². The normalized spacial score (nSPS) is 18.5. The van der Waals surface area contributed by atoms with Gasteiger partial charge in [-0.3, -0.25) is 0 Å². The third kappa shape index (κ3) is 2.74. The van der Waals surface area contributed by atoms with E-state index < -0.39 is 0 Å². The summed E-state index contributed by atoms with van der Waals surface area (Å²) in [6.07, 6.45) is 2.21. The van der Waals surface area contributed by atoms with Crippen molar-refractivity contribution in [1.29, 1.82) is 0 Å². The molecule has 1 aliphatic rings. The number of rotatable bonds is 4. The van der Waals surface area contributed by atoms with Gasteiger partial charge in [-0.1, -0.05) is 18.6 Å². The Bertz CT molecular complexity index is 569. The van der Waals surface area contributed by atoms with Gasteiger partial charge < -0.3 is 14.5 Å². The van der Waals surface area contributed by atoms with Gasteiger partial charge in [0.15, 0.2) is 0 Å². The summed E-state index contributed by atoms with van der Waals surface area (Å²) < 4.78 is 11.6. The van der Waals surface area contributed by atoms with Crippen LogP contribution in [0.1, 0.15) is 37.1 Å². The second kappa shape index (κ2) is 5.98. The molecule has 0 saturated carbocycles. The molecule has 1 aromatic carbocycles. The average molecular weight is 273 g/mol. The summed E-state index contributed by atoms with van der Waals surface area (Å²) >= 11 is 0. The molecular weight excluding hydrogens is 250 g/mol. The van der Waals surface area contributed by atoms with Crippen LogP contribution in [0, 0.1) is 12.8 Å². The fourth-order valence-electron chi connectivity index (χ4n) is 3.11. The lowest BCUT2D eigenvalue weighted by atomic mass is 9.90. The van der Waals surface area contributed by atoms with Crippen LogP contribution in [0.25, 0.3) is 11.0 Å². The number of fused-ring (bicyclic) bond motifs is 1. The summed E-state index contributed by atoms with van der Waals surface area (Å²) in [5, 5.41) is 4.80. The van der Waals surface area contributed by atoms with E-state index in [1.54, 1.807) is 0 Å². The molecule has 0 amide bonds. The number of ether oxygens (including phenoxy) is 1. The Hall–Kier alpha value is -1.32. The van der Waals surface area contributed by atoms with E-state index in [1.165, 1.54) is 10.9 Å². The first kappa shape index (κ1) is 13.7. The van der Waals surface area contributed by atoms with Crippen LogP contribution in [0.15, 0.2) is 28.7 Å². The Balaban J connectivity index is 1.91. The van der Waals surface area contributed by atoms with Gasteiger partial charge in [-0.15, -0.1) is 0 Å². The van der Waals surface area contributed by atoms with Crippen molar-refractivity contribution in [3.8, 4) is 0 Å². The maximum atomic E-state index is 6.09. The zero-order chi connectivity index (χ0) is 13.9. The second-order valence-corrected chi connectivity index (χ2v) is 5.68.